The first-order chi connectivity index (χ1) is 15.9. The van der Waals surface area contributed by atoms with Crippen LogP contribution in [0.5, 0.6) is 0 Å². The zero-order chi connectivity index (χ0) is 25.1. The summed E-state index contributed by atoms with van der Waals surface area (Å²) in [6, 6.07) is 14.1. The molecule has 34 heavy (non-hydrogen) atoms. The Morgan fingerprint density at radius 2 is 1.56 bits per heavy atom. The van der Waals surface area contributed by atoms with E-state index >= 15 is 0 Å². The number of amides is 2. The molecule has 0 saturated heterocycles. The van der Waals surface area contributed by atoms with Crippen LogP contribution in [-0.2, 0) is 14.3 Å². The number of nitrogens with one attached hydrogen (secondary N) is 2. The number of hydrogen-bond acceptors (Lipinski definition) is 4. The van der Waals surface area contributed by atoms with Crippen LogP contribution in [0.4, 0.5) is 18.0 Å². The Bertz CT molecular complexity index is 1040. The van der Waals surface area contributed by atoms with Crippen molar-refractivity contribution in [3.63, 3.8) is 0 Å². The molecule has 7 nitrogen and oxygen atoms in total. The van der Waals surface area contributed by atoms with Gasteiger partial charge in [0, 0.05) is 18.4 Å². The molecule has 3 rings (SSSR count). The van der Waals surface area contributed by atoms with Crippen LogP contribution in [0.3, 0.4) is 0 Å². The number of aliphatic carboxylic acids is 1. The number of ether oxygens (including phenoxy) is 1. The molecule has 2 amide bonds. The van der Waals surface area contributed by atoms with Crippen molar-refractivity contribution < 1.29 is 37.4 Å². The van der Waals surface area contributed by atoms with Gasteiger partial charge in [0.25, 0.3) is 5.91 Å². The summed E-state index contributed by atoms with van der Waals surface area (Å²) in [5.41, 5.74) is 0.427. The maximum absolute atomic E-state index is 13.8. The summed E-state index contributed by atoms with van der Waals surface area (Å²) in [7, 11) is 0. The molecule has 0 fully saturated rings. The van der Waals surface area contributed by atoms with Crippen LogP contribution in [0.15, 0.2) is 48.5 Å². The minimum absolute atomic E-state index is 0.0695. The third kappa shape index (κ3) is 5.16. The van der Waals surface area contributed by atoms with Crippen LogP contribution in [0.25, 0.3) is 11.1 Å². The van der Waals surface area contributed by atoms with Crippen molar-refractivity contribution >= 4 is 18.0 Å². The van der Waals surface area contributed by atoms with E-state index in [-0.39, 0.29) is 25.4 Å². The molecule has 1 aliphatic carbocycles. The Balaban J connectivity index is 1.70. The summed E-state index contributed by atoms with van der Waals surface area (Å²) >= 11 is 0. The molecule has 2 aromatic rings. The molecule has 2 unspecified atom stereocenters. The number of carboxylic acid groups (broad SMARTS) is 1. The van der Waals surface area contributed by atoms with Gasteiger partial charge in [-0.15, -0.1) is 0 Å². The number of fused-ring (bicyclic) bond motifs is 3. The maximum atomic E-state index is 13.8. The summed E-state index contributed by atoms with van der Waals surface area (Å²) in [5.74, 6) is -3.01. The molecule has 2 aromatic carbocycles. The van der Waals surface area contributed by atoms with E-state index < -0.39 is 35.7 Å². The SMILES string of the molecule is CC(CCC(=O)O)NC(=O)C(C)(NC(=O)OCC1c2ccccc2-c2ccccc21)C(F)(F)F. The first kappa shape index (κ1) is 25.1. The van der Waals surface area contributed by atoms with Crippen LogP contribution in [0.1, 0.15) is 43.7 Å². The average molecular weight is 478 g/mol. The fourth-order valence-electron chi connectivity index (χ4n) is 3.88. The van der Waals surface area contributed by atoms with E-state index in [0.29, 0.717) is 6.92 Å². The molecule has 0 aromatic heterocycles. The first-order valence-electron chi connectivity index (χ1n) is 10.7. The number of halogens is 3. The van der Waals surface area contributed by atoms with Crippen molar-refractivity contribution in [3.05, 3.63) is 59.7 Å². The predicted octanol–water partition coefficient (Wildman–Crippen LogP) is 4.22. The van der Waals surface area contributed by atoms with Gasteiger partial charge in [-0.05, 0) is 42.5 Å². The van der Waals surface area contributed by atoms with Gasteiger partial charge < -0.3 is 15.2 Å². The molecule has 3 N–H and O–H groups in total. The molecule has 1 aliphatic rings. The number of alkyl halides is 3. The molecular weight excluding hydrogens is 453 g/mol. The Morgan fingerprint density at radius 1 is 1.03 bits per heavy atom. The standard InChI is InChI=1S/C24H25F3N2O5/c1-14(11-12-20(30)31)28-21(32)23(2,24(25,26)27)29-22(33)34-13-19-17-9-5-3-7-15(17)16-8-4-6-10-18(16)19/h3-10,14,19H,11-13H2,1-2H3,(H,28,32)(H,29,33)(H,30,31). The van der Waals surface area contributed by atoms with Crippen molar-refractivity contribution in [2.45, 2.75) is 50.4 Å². The number of hydrogen-bond donors (Lipinski definition) is 3. The van der Waals surface area contributed by atoms with Gasteiger partial charge in [0.05, 0.1) is 0 Å². The van der Waals surface area contributed by atoms with Gasteiger partial charge in [-0.1, -0.05) is 48.5 Å². The fraction of sp³-hybridized carbons (Fsp3) is 0.375. The van der Waals surface area contributed by atoms with Crippen LogP contribution < -0.4 is 10.6 Å². The maximum Gasteiger partial charge on any atom is 0.420 e. The first-order valence-corrected chi connectivity index (χ1v) is 10.7. The van der Waals surface area contributed by atoms with E-state index in [0.717, 1.165) is 22.3 Å². The van der Waals surface area contributed by atoms with Gasteiger partial charge in [0.2, 0.25) is 5.54 Å². The summed E-state index contributed by atoms with van der Waals surface area (Å²) in [6.07, 6.45) is -6.92. The third-order valence-corrected chi connectivity index (χ3v) is 5.89. The molecule has 0 aliphatic heterocycles. The van der Waals surface area contributed by atoms with Crippen LogP contribution in [-0.4, -0.2) is 47.4 Å². The van der Waals surface area contributed by atoms with Crippen molar-refractivity contribution in [2.24, 2.45) is 0 Å². The van der Waals surface area contributed by atoms with E-state index in [1.54, 1.807) is 5.32 Å². The topological polar surface area (TPSA) is 105 Å². The normalized spacial score (nSPS) is 15.4. The highest BCUT2D eigenvalue weighted by Gasteiger charge is 2.58. The molecule has 0 radical (unpaired) electrons. The highest BCUT2D eigenvalue weighted by molar-refractivity contribution is 5.90. The van der Waals surface area contributed by atoms with Gasteiger partial charge in [0.1, 0.15) is 6.61 Å². The molecule has 2 atom stereocenters. The molecule has 0 saturated carbocycles. The van der Waals surface area contributed by atoms with E-state index in [1.807, 2.05) is 48.5 Å². The van der Waals surface area contributed by atoms with E-state index in [9.17, 15) is 27.6 Å². The number of carbonyl (C=O) groups excluding carboxylic acids is 2. The minimum Gasteiger partial charge on any atom is -0.481 e. The molecular formula is C24H25F3N2O5. The summed E-state index contributed by atoms with van der Waals surface area (Å²) in [6.45, 7) is 1.70. The second-order valence-electron chi connectivity index (χ2n) is 8.38. The predicted molar refractivity (Wildman–Crippen MR) is 117 cm³/mol. The van der Waals surface area contributed by atoms with Crippen molar-refractivity contribution in [3.8, 4) is 11.1 Å². The largest absolute Gasteiger partial charge is 0.481 e. The van der Waals surface area contributed by atoms with Crippen molar-refractivity contribution in [1.29, 1.82) is 0 Å². The Morgan fingerprint density at radius 3 is 2.06 bits per heavy atom. The second kappa shape index (κ2) is 9.74. The van der Waals surface area contributed by atoms with Gasteiger partial charge in [-0.2, -0.15) is 13.2 Å². The lowest BCUT2D eigenvalue weighted by molar-refractivity contribution is -0.194. The quantitative estimate of drug-likeness (QED) is 0.527. The average Bonchev–Trinajstić information content (AvgIpc) is 3.09. The molecule has 0 heterocycles. The Labute approximate surface area is 194 Å². The van der Waals surface area contributed by atoms with Gasteiger partial charge in [0.15, 0.2) is 0 Å². The molecule has 10 heteroatoms. The van der Waals surface area contributed by atoms with E-state index in [4.69, 9.17) is 9.84 Å². The van der Waals surface area contributed by atoms with Crippen LogP contribution in [0.2, 0.25) is 0 Å². The van der Waals surface area contributed by atoms with Gasteiger partial charge in [-0.25, -0.2) is 4.79 Å². The lowest BCUT2D eigenvalue weighted by Gasteiger charge is -2.32. The lowest BCUT2D eigenvalue weighted by Crippen LogP contribution is -2.66. The zero-order valence-electron chi connectivity index (χ0n) is 18.6. The van der Waals surface area contributed by atoms with Gasteiger partial charge >= 0.3 is 18.2 Å². The van der Waals surface area contributed by atoms with Crippen LogP contribution >= 0.6 is 0 Å². The highest BCUT2D eigenvalue weighted by Crippen LogP contribution is 2.44. The summed E-state index contributed by atoms with van der Waals surface area (Å²) in [5, 5.41) is 12.5. The fourth-order valence-corrected chi connectivity index (χ4v) is 3.88. The summed E-state index contributed by atoms with van der Waals surface area (Å²) in [4.78, 5) is 35.5. The second-order valence-corrected chi connectivity index (χ2v) is 8.38. The number of alkyl carbamates (subject to hydrolysis) is 1. The molecule has 0 spiro atoms. The molecule has 182 valence electrons. The van der Waals surface area contributed by atoms with Crippen LogP contribution in [0, 0.1) is 0 Å². The number of benzene rings is 2. The number of rotatable bonds is 8. The van der Waals surface area contributed by atoms with E-state index in [1.165, 1.54) is 6.92 Å². The Kier molecular flexibility index (Phi) is 7.18. The number of carbonyl (C=O) groups is 3. The van der Waals surface area contributed by atoms with Gasteiger partial charge in [-0.3, -0.25) is 14.9 Å². The highest BCUT2D eigenvalue weighted by atomic mass is 19.4. The van der Waals surface area contributed by atoms with Crippen molar-refractivity contribution in [2.75, 3.05) is 6.61 Å². The molecule has 0 bridgehead atoms. The summed E-state index contributed by atoms with van der Waals surface area (Å²) < 4.78 is 46.5. The monoisotopic (exact) mass is 478 g/mol. The zero-order valence-corrected chi connectivity index (χ0v) is 18.6. The Hall–Kier alpha value is -3.56. The third-order valence-electron chi connectivity index (χ3n) is 5.89. The van der Waals surface area contributed by atoms with E-state index in [2.05, 4.69) is 5.32 Å². The number of carboxylic acids is 1. The van der Waals surface area contributed by atoms with Crippen molar-refractivity contribution in [1.82, 2.24) is 10.6 Å². The lowest BCUT2D eigenvalue weighted by atomic mass is 9.98. The smallest absolute Gasteiger partial charge is 0.420 e. The minimum atomic E-state index is -5.13.